The Morgan fingerprint density at radius 2 is 2.05 bits per heavy atom. The first-order chi connectivity index (χ1) is 9.11. The van der Waals surface area contributed by atoms with E-state index in [4.69, 9.17) is 10.5 Å². The SMILES string of the molecule is CC1(CNC(=O)Cc2ccc(CN)cc2)CCCO1. The quantitative estimate of drug-likeness (QED) is 0.842. The highest BCUT2D eigenvalue weighted by Gasteiger charge is 2.29. The molecule has 4 heteroatoms. The molecular weight excluding hydrogens is 240 g/mol. The van der Waals surface area contributed by atoms with E-state index >= 15 is 0 Å². The molecule has 1 aromatic carbocycles. The fraction of sp³-hybridized carbons (Fsp3) is 0.533. The highest BCUT2D eigenvalue weighted by Crippen LogP contribution is 2.23. The zero-order valence-corrected chi connectivity index (χ0v) is 11.4. The van der Waals surface area contributed by atoms with Crippen molar-refractivity contribution in [3.05, 3.63) is 35.4 Å². The third kappa shape index (κ3) is 4.04. The minimum atomic E-state index is -0.181. The Morgan fingerprint density at radius 1 is 1.37 bits per heavy atom. The molecule has 1 amide bonds. The molecule has 1 aromatic rings. The van der Waals surface area contributed by atoms with Crippen LogP contribution in [0.25, 0.3) is 0 Å². The molecule has 1 unspecified atom stereocenters. The normalized spacial score (nSPS) is 22.4. The van der Waals surface area contributed by atoms with Crippen LogP contribution in [0.5, 0.6) is 0 Å². The largest absolute Gasteiger partial charge is 0.373 e. The van der Waals surface area contributed by atoms with E-state index in [0.29, 0.717) is 19.5 Å². The first-order valence-electron chi connectivity index (χ1n) is 6.80. The lowest BCUT2D eigenvalue weighted by molar-refractivity contribution is -0.121. The molecule has 0 radical (unpaired) electrons. The molecule has 1 heterocycles. The maximum atomic E-state index is 11.9. The Balaban J connectivity index is 1.80. The number of benzene rings is 1. The van der Waals surface area contributed by atoms with Gasteiger partial charge >= 0.3 is 0 Å². The number of carbonyl (C=O) groups is 1. The number of carbonyl (C=O) groups excluding carboxylic acids is 1. The van der Waals surface area contributed by atoms with Crippen LogP contribution >= 0.6 is 0 Å². The van der Waals surface area contributed by atoms with Gasteiger partial charge in [0.1, 0.15) is 0 Å². The summed E-state index contributed by atoms with van der Waals surface area (Å²) in [6.45, 7) is 3.97. The number of hydrogen-bond donors (Lipinski definition) is 2. The molecule has 19 heavy (non-hydrogen) atoms. The molecule has 0 aromatic heterocycles. The molecule has 0 spiro atoms. The van der Waals surface area contributed by atoms with Crippen molar-refractivity contribution in [3.8, 4) is 0 Å². The van der Waals surface area contributed by atoms with Crippen molar-refractivity contribution in [2.45, 2.75) is 38.3 Å². The molecule has 1 saturated heterocycles. The van der Waals surface area contributed by atoms with E-state index in [-0.39, 0.29) is 11.5 Å². The van der Waals surface area contributed by atoms with Crippen molar-refractivity contribution in [2.24, 2.45) is 5.73 Å². The summed E-state index contributed by atoms with van der Waals surface area (Å²) < 4.78 is 5.64. The van der Waals surface area contributed by atoms with Gasteiger partial charge in [-0.2, -0.15) is 0 Å². The molecule has 4 nitrogen and oxygen atoms in total. The first-order valence-corrected chi connectivity index (χ1v) is 6.80. The van der Waals surface area contributed by atoms with Crippen LogP contribution in [0.15, 0.2) is 24.3 Å². The number of nitrogens with two attached hydrogens (primary N) is 1. The summed E-state index contributed by atoms with van der Waals surface area (Å²) >= 11 is 0. The molecule has 0 saturated carbocycles. The fourth-order valence-electron chi connectivity index (χ4n) is 2.30. The number of amides is 1. The van der Waals surface area contributed by atoms with Gasteiger partial charge in [0.25, 0.3) is 0 Å². The van der Waals surface area contributed by atoms with E-state index in [1.165, 1.54) is 0 Å². The van der Waals surface area contributed by atoms with E-state index in [0.717, 1.165) is 30.6 Å². The van der Waals surface area contributed by atoms with Gasteiger partial charge in [-0.15, -0.1) is 0 Å². The minimum absolute atomic E-state index is 0.0391. The van der Waals surface area contributed by atoms with Gasteiger partial charge in [-0.25, -0.2) is 0 Å². The van der Waals surface area contributed by atoms with Crippen LogP contribution in [-0.4, -0.2) is 24.7 Å². The summed E-state index contributed by atoms with van der Waals surface area (Å²) in [5, 5.41) is 2.95. The number of nitrogens with one attached hydrogen (secondary N) is 1. The lowest BCUT2D eigenvalue weighted by Gasteiger charge is -2.23. The van der Waals surface area contributed by atoms with E-state index < -0.39 is 0 Å². The van der Waals surface area contributed by atoms with Crippen LogP contribution < -0.4 is 11.1 Å². The second kappa shape index (κ2) is 6.17. The maximum Gasteiger partial charge on any atom is 0.224 e. The Bertz CT molecular complexity index is 422. The monoisotopic (exact) mass is 262 g/mol. The second-order valence-corrected chi connectivity index (χ2v) is 5.38. The molecule has 104 valence electrons. The highest BCUT2D eigenvalue weighted by atomic mass is 16.5. The molecule has 0 bridgehead atoms. The van der Waals surface area contributed by atoms with Crippen LogP contribution in [0.1, 0.15) is 30.9 Å². The van der Waals surface area contributed by atoms with E-state index in [2.05, 4.69) is 12.2 Å². The summed E-state index contributed by atoms with van der Waals surface area (Å²) in [7, 11) is 0. The van der Waals surface area contributed by atoms with Gasteiger partial charge in [-0.3, -0.25) is 4.79 Å². The van der Waals surface area contributed by atoms with Crippen molar-refractivity contribution in [2.75, 3.05) is 13.2 Å². The van der Waals surface area contributed by atoms with E-state index in [9.17, 15) is 4.79 Å². The Hall–Kier alpha value is -1.39. The number of hydrogen-bond acceptors (Lipinski definition) is 3. The van der Waals surface area contributed by atoms with Crippen molar-refractivity contribution < 1.29 is 9.53 Å². The van der Waals surface area contributed by atoms with Crippen LogP contribution in [0.4, 0.5) is 0 Å². The summed E-state index contributed by atoms with van der Waals surface area (Å²) in [5.41, 5.74) is 7.44. The molecule has 1 aliphatic rings. The molecule has 3 N–H and O–H groups in total. The smallest absolute Gasteiger partial charge is 0.224 e. The Morgan fingerprint density at radius 3 is 2.63 bits per heavy atom. The summed E-state index contributed by atoms with van der Waals surface area (Å²) in [4.78, 5) is 11.9. The van der Waals surface area contributed by atoms with Crippen LogP contribution in [-0.2, 0) is 22.5 Å². The van der Waals surface area contributed by atoms with Crippen molar-refractivity contribution in [1.29, 1.82) is 0 Å². The van der Waals surface area contributed by atoms with Crippen LogP contribution in [0.2, 0.25) is 0 Å². The first kappa shape index (κ1) is 14.0. The van der Waals surface area contributed by atoms with E-state index in [1.54, 1.807) is 0 Å². The van der Waals surface area contributed by atoms with Gasteiger partial charge in [0.05, 0.1) is 12.0 Å². The third-order valence-electron chi connectivity index (χ3n) is 3.58. The minimum Gasteiger partial charge on any atom is -0.373 e. The second-order valence-electron chi connectivity index (χ2n) is 5.38. The van der Waals surface area contributed by atoms with E-state index in [1.807, 2.05) is 24.3 Å². The molecular formula is C15H22N2O2. The average Bonchev–Trinajstić information content (AvgIpc) is 2.85. The van der Waals surface area contributed by atoms with Crippen molar-refractivity contribution in [3.63, 3.8) is 0 Å². The van der Waals surface area contributed by atoms with Gasteiger partial charge in [0, 0.05) is 19.7 Å². The summed E-state index contributed by atoms with van der Waals surface area (Å²) in [5.74, 6) is 0.0391. The van der Waals surface area contributed by atoms with Gasteiger partial charge < -0.3 is 15.8 Å². The number of rotatable bonds is 5. The predicted molar refractivity (Wildman–Crippen MR) is 74.6 cm³/mol. The van der Waals surface area contributed by atoms with Crippen LogP contribution in [0, 0.1) is 0 Å². The molecule has 0 aliphatic carbocycles. The standard InChI is InChI=1S/C15H22N2O2/c1-15(7-2-8-19-15)11-17-14(18)9-12-3-5-13(10-16)6-4-12/h3-6H,2,7-11,16H2,1H3,(H,17,18). The van der Waals surface area contributed by atoms with Gasteiger partial charge in [-0.05, 0) is 30.9 Å². The van der Waals surface area contributed by atoms with Gasteiger partial charge in [0.2, 0.25) is 5.91 Å². The molecule has 1 fully saturated rings. The van der Waals surface area contributed by atoms with Crippen LogP contribution in [0.3, 0.4) is 0 Å². The predicted octanol–water partition coefficient (Wildman–Crippen LogP) is 1.37. The Labute approximate surface area is 114 Å². The molecule has 1 atom stereocenters. The maximum absolute atomic E-state index is 11.9. The van der Waals surface area contributed by atoms with Crippen molar-refractivity contribution >= 4 is 5.91 Å². The molecule has 2 rings (SSSR count). The zero-order valence-electron chi connectivity index (χ0n) is 11.4. The van der Waals surface area contributed by atoms with Gasteiger partial charge in [0.15, 0.2) is 0 Å². The Kier molecular flexibility index (Phi) is 4.56. The lowest BCUT2D eigenvalue weighted by Crippen LogP contribution is -2.40. The average molecular weight is 262 g/mol. The lowest BCUT2D eigenvalue weighted by atomic mass is 10.0. The third-order valence-corrected chi connectivity index (χ3v) is 3.58. The molecule has 1 aliphatic heterocycles. The summed E-state index contributed by atoms with van der Waals surface area (Å²) in [6, 6.07) is 7.83. The summed E-state index contributed by atoms with van der Waals surface area (Å²) in [6.07, 6.45) is 2.49. The number of ether oxygens (including phenoxy) is 1. The van der Waals surface area contributed by atoms with Crippen molar-refractivity contribution in [1.82, 2.24) is 5.32 Å². The zero-order chi connectivity index (χ0) is 13.7. The topological polar surface area (TPSA) is 64.4 Å². The fourth-order valence-corrected chi connectivity index (χ4v) is 2.30. The van der Waals surface area contributed by atoms with Gasteiger partial charge in [-0.1, -0.05) is 24.3 Å². The highest BCUT2D eigenvalue weighted by molar-refractivity contribution is 5.78.